The number of pyridine rings is 1. The average molecular weight is 549 g/mol. The summed E-state index contributed by atoms with van der Waals surface area (Å²) in [7, 11) is 1.84. The van der Waals surface area contributed by atoms with Crippen LogP contribution in [0.25, 0.3) is 0 Å². The second-order valence-electron chi connectivity index (χ2n) is 11.1. The lowest BCUT2D eigenvalue weighted by atomic mass is 9.72. The average Bonchev–Trinajstić information content (AvgIpc) is 3.26. The first-order chi connectivity index (χ1) is 18.5. The molecule has 1 saturated carbocycles. The van der Waals surface area contributed by atoms with E-state index in [0.717, 1.165) is 31.2 Å². The van der Waals surface area contributed by atoms with Crippen LogP contribution >= 0.6 is 0 Å². The number of alkyl halides is 4. The molecule has 2 fully saturated rings. The smallest absolute Gasteiger partial charge is 0.379 e. The molecule has 210 valence electrons. The van der Waals surface area contributed by atoms with E-state index < -0.39 is 23.2 Å². The first-order valence-electron chi connectivity index (χ1n) is 13.3. The third-order valence-electron chi connectivity index (χ3n) is 8.02. The van der Waals surface area contributed by atoms with E-state index in [-0.39, 0.29) is 24.7 Å². The second-order valence-corrected chi connectivity index (χ2v) is 11.1. The van der Waals surface area contributed by atoms with E-state index in [2.05, 4.69) is 20.5 Å². The molecule has 1 N–H and O–H groups in total. The van der Waals surface area contributed by atoms with Gasteiger partial charge < -0.3 is 9.88 Å². The van der Waals surface area contributed by atoms with E-state index >= 15 is 0 Å². The van der Waals surface area contributed by atoms with Gasteiger partial charge in [0.1, 0.15) is 23.6 Å². The fourth-order valence-corrected chi connectivity index (χ4v) is 5.50. The molecule has 5 rings (SSSR count). The maximum absolute atomic E-state index is 14.7. The number of hydrogen-bond donors (Lipinski definition) is 1. The van der Waals surface area contributed by atoms with Crippen LogP contribution in [0, 0.1) is 11.7 Å². The number of nitrogens with one attached hydrogen (secondary N) is 1. The summed E-state index contributed by atoms with van der Waals surface area (Å²) in [6, 6.07) is 5.63. The Labute approximate surface area is 224 Å². The van der Waals surface area contributed by atoms with E-state index in [4.69, 9.17) is 0 Å². The molecule has 1 aliphatic heterocycles. The maximum atomic E-state index is 14.7. The van der Waals surface area contributed by atoms with Crippen LogP contribution in [0.5, 0.6) is 0 Å². The van der Waals surface area contributed by atoms with Crippen molar-refractivity contribution in [1.29, 1.82) is 0 Å². The number of nitrogens with zero attached hydrogens (tertiary/aromatic N) is 5. The van der Waals surface area contributed by atoms with Crippen LogP contribution in [0.2, 0.25) is 0 Å². The first kappa shape index (κ1) is 27.5. The molecule has 0 radical (unpaired) electrons. The monoisotopic (exact) mass is 548 g/mol. The van der Waals surface area contributed by atoms with Gasteiger partial charge in [-0.05, 0) is 73.9 Å². The summed E-state index contributed by atoms with van der Waals surface area (Å²) in [6.07, 6.45) is 2.22. The van der Waals surface area contributed by atoms with E-state index in [9.17, 15) is 22.0 Å². The standard InChI is InChI=1S/C28H33F5N6/c1-27(30)6-8-39(9-7-27)16-18-10-23(28(31,32)33)24(35-14-18)15-34-22-12-20(11-21(29)13-22)25(19-4-3-5-19)26-37-36-17-38(26)2/h10-14,17,19,25,34H,3-9,15-16H2,1-2H3. The van der Waals surface area contributed by atoms with Crippen molar-refractivity contribution in [3.8, 4) is 0 Å². The van der Waals surface area contributed by atoms with E-state index in [0.29, 0.717) is 48.7 Å². The van der Waals surface area contributed by atoms with Gasteiger partial charge in [0.2, 0.25) is 0 Å². The summed E-state index contributed by atoms with van der Waals surface area (Å²) in [4.78, 5) is 6.08. The number of halogens is 5. The Morgan fingerprint density at radius 2 is 1.87 bits per heavy atom. The molecule has 1 unspecified atom stereocenters. The molecule has 1 saturated heterocycles. The second kappa shape index (κ2) is 10.8. The highest BCUT2D eigenvalue weighted by Gasteiger charge is 2.36. The first-order valence-corrected chi connectivity index (χ1v) is 13.3. The van der Waals surface area contributed by atoms with Crippen LogP contribution in [0.15, 0.2) is 36.8 Å². The highest BCUT2D eigenvalue weighted by atomic mass is 19.4. The molecule has 1 aromatic carbocycles. The SMILES string of the molecule is Cn1cnnc1C(c1cc(F)cc(NCc2ncc(CN3CCC(C)(F)CC3)cc2C(F)(F)F)c1)C1CCC1. The molecular weight excluding hydrogens is 515 g/mol. The summed E-state index contributed by atoms with van der Waals surface area (Å²) in [5, 5.41) is 11.2. The molecule has 0 amide bonds. The molecule has 6 nitrogen and oxygen atoms in total. The molecular formula is C28H33F5N6. The predicted octanol–water partition coefficient (Wildman–Crippen LogP) is 6.24. The van der Waals surface area contributed by atoms with Crippen LogP contribution < -0.4 is 5.32 Å². The Morgan fingerprint density at radius 1 is 1.13 bits per heavy atom. The van der Waals surface area contributed by atoms with Gasteiger partial charge in [-0.2, -0.15) is 13.2 Å². The lowest BCUT2D eigenvalue weighted by molar-refractivity contribution is -0.138. The number of aryl methyl sites for hydroxylation is 1. The normalized spacial score (nSPS) is 19.1. The van der Waals surface area contributed by atoms with Crippen LogP contribution in [0.1, 0.15) is 73.2 Å². The summed E-state index contributed by atoms with van der Waals surface area (Å²) in [5.41, 5.74) is -0.723. The number of hydrogen-bond acceptors (Lipinski definition) is 5. The number of likely N-dealkylation sites (tertiary alicyclic amines) is 1. The highest BCUT2D eigenvalue weighted by molar-refractivity contribution is 5.49. The molecule has 39 heavy (non-hydrogen) atoms. The minimum absolute atomic E-state index is 0.157. The predicted molar refractivity (Wildman–Crippen MR) is 137 cm³/mol. The highest BCUT2D eigenvalue weighted by Crippen LogP contribution is 2.43. The minimum atomic E-state index is -4.60. The van der Waals surface area contributed by atoms with E-state index in [1.807, 2.05) is 16.5 Å². The van der Waals surface area contributed by atoms with Gasteiger partial charge in [0.15, 0.2) is 0 Å². The van der Waals surface area contributed by atoms with Gasteiger partial charge in [-0.15, -0.1) is 10.2 Å². The Kier molecular flexibility index (Phi) is 7.63. The van der Waals surface area contributed by atoms with Crippen LogP contribution in [-0.2, 0) is 26.3 Å². The Hall–Kier alpha value is -3.08. The van der Waals surface area contributed by atoms with Crippen LogP contribution in [0.4, 0.5) is 27.6 Å². The van der Waals surface area contributed by atoms with E-state index in [1.165, 1.54) is 18.3 Å². The molecule has 2 aliphatic rings. The summed E-state index contributed by atoms with van der Waals surface area (Å²) in [6.45, 7) is 2.57. The zero-order chi connectivity index (χ0) is 27.8. The third kappa shape index (κ3) is 6.40. The van der Waals surface area contributed by atoms with Crippen molar-refractivity contribution in [2.24, 2.45) is 13.0 Å². The molecule has 11 heteroatoms. The van der Waals surface area contributed by atoms with Gasteiger partial charge in [-0.1, -0.05) is 6.42 Å². The van der Waals surface area contributed by atoms with Gasteiger partial charge >= 0.3 is 6.18 Å². The molecule has 0 spiro atoms. The quantitative estimate of drug-likeness (QED) is 0.338. The van der Waals surface area contributed by atoms with Gasteiger partial charge in [0.05, 0.1) is 17.8 Å². The van der Waals surface area contributed by atoms with Crippen molar-refractivity contribution in [1.82, 2.24) is 24.6 Å². The van der Waals surface area contributed by atoms with Crippen LogP contribution in [-0.4, -0.2) is 43.4 Å². The zero-order valence-electron chi connectivity index (χ0n) is 22.1. The number of aromatic nitrogens is 4. The van der Waals surface area contributed by atoms with Crippen molar-refractivity contribution in [3.63, 3.8) is 0 Å². The number of piperidine rings is 1. The van der Waals surface area contributed by atoms with Crippen LogP contribution in [0.3, 0.4) is 0 Å². The van der Waals surface area contributed by atoms with Gasteiger partial charge in [0, 0.05) is 44.5 Å². The van der Waals surface area contributed by atoms with Crippen molar-refractivity contribution >= 4 is 5.69 Å². The Balaban J connectivity index is 1.34. The molecule has 3 heterocycles. The van der Waals surface area contributed by atoms with Gasteiger partial charge in [0.25, 0.3) is 0 Å². The van der Waals surface area contributed by atoms with E-state index in [1.54, 1.807) is 19.3 Å². The summed E-state index contributed by atoms with van der Waals surface area (Å²) >= 11 is 0. The lowest BCUT2D eigenvalue weighted by Gasteiger charge is -2.34. The van der Waals surface area contributed by atoms with Gasteiger partial charge in [-0.25, -0.2) is 8.78 Å². The molecule has 3 aromatic rings. The summed E-state index contributed by atoms with van der Waals surface area (Å²) < 4.78 is 72.6. The van der Waals surface area contributed by atoms with Crippen molar-refractivity contribution < 1.29 is 22.0 Å². The zero-order valence-corrected chi connectivity index (χ0v) is 22.1. The van der Waals surface area contributed by atoms with Crippen molar-refractivity contribution in [3.05, 3.63) is 70.8 Å². The minimum Gasteiger partial charge on any atom is -0.379 e. The number of anilines is 1. The van der Waals surface area contributed by atoms with Gasteiger partial charge in [-0.3, -0.25) is 9.88 Å². The Morgan fingerprint density at radius 3 is 2.49 bits per heavy atom. The summed E-state index contributed by atoms with van der Waals surface area (Å²) in [5.74, 6) is 0.396. The fraction of sp³-hybridized carbons (Fsp3) is 0.536. The number of rotatable bonds is 8. The molecule has 2 aromatic heterocycles. The maximum Gasteiger partial charge on any atom is 0.418 e. The topological polar surface area (TPSA) is 58.9 Å². The lowest BCUT2D eigenvalue weighted by Crippen LogP contribution is -2.39. The largest absolute Gasteiger partial charge is 0.418 e. The van der Waals surface area contributed by atoms with Crippen molar-refractivity contribution in [2.75, 3.05) is 18.4 Å². The van der Waals surface area contributed by atoms with Crippen molar-refractivity contribution in [2.45, 2.75) is 69.9 Å². The molecule has 1 aliphatic carbocycles. The molecule has 1 atom stereocenters. The number of benzene rings is 1. The fourth-order valence-electron chi connectivity index (χ4n) is 5.50. The third-order valence-corrected chi connectivity index (χ3v) is 8.02. The Bertz CT molecular complexity index is 1290. The molecule has 0 bridgehead atoms.